The van der Waals surface area contributed by atoms with Crippen molar-refractivity contribution in [3.05, 3.63) is 18.0 Å². The highest BCUT2D eigenvalue weighted by atomic mass is 16.6. The molecule has 1 fully saturated rings. The molecule has 1 aromatic rings. The molecule has 23 heavy (non-hydrogen) atoms. The molecule has 1 N–H and O–H groups in total. The number of aromatic nitrogens is 2. The van der Waals surface area contributed by atoms with E-state index in [1.165, 1.54) is 25.7 Å². The second kappa shape index (κ2) is 7.62. The zero-order valence-electron chi connectivity index (χ0n) is 14.6. The quantitative estimate of drug-likeness (QED) is 0.903. The molecule has 2 rings (SSSR count). The summed E-state index contributed by atoms with van der Waals surface area (Å²) in [5.41, 5.74) is 0.661. The number of hydrogen-bond donors (Lipinski definition) is 1. The monoisotopic (exact) mass is 320 g/mol. The zero-order chi connectivity index (χ0) is 16.9. The van der Waals surface area contributed by atoms with Gasteiger partial charge in [0.1, 0.15) is 5.60 Å². The predicted molar refractivity (Wildman–Crippen MR) is 90.7 cm³/mol. The van der Waals surface area contributed by atoms with Crippen LogP contribution in [0.4, 0.5) is 10.7 Å². The van der Waals surface area contributed by atoms with Crippen molar-refractivity contribution >= 4 is 12.0 Å². The van der Waals surface area contributed by atoms with Crippen LogP contribution >= 0.6 is 0 Å². The SMILES string of the molecule is CN(CCNC(=O)OC(C)(C)C)c1nccc(C2CCCC2)n1. The highest BCUT2D eigenvalue weighted by Gasteiger charge is 2.19. The Kier molecular flexibility index (Phi) is 5.80. The Morgan fingerprint density at radius 3 is 2.74 bits per heavy atom. The van der Waals surface area contributed by atoms with E-state index < -0.39 is 11.7 Å². The highest BCUT2D eigenvalue weighted by molar-refractivity contribution is 5.67. The third-order valence-electron chi connectivity index (χ3n) is 3.89. The van der Waals surface area contributed by atoms with Crippen LogP contribution < -0.4 is 10.2 Å². The van der Waals surface area contributed by atoms with Crippen molar-refractivity contribution in [2.45, 2.75) is 58.0 Å². The van der Waals surface area contributed by atoms with Gasteiger partial charge < -0.3 is 15.0 Å². The molecule has 0 spiro atoms. The van der Waals surface area contributed by atoms with Crippen LogP contribution in [0.1, 0.15) is 58.1 Å². The maximum atomic E-state index is 11.6. The summed E-state index contributed by atoms with van der Waals surface area (Å²) in [6.07, 6.45) is 6.46. The molecular weight excluding hydrogens is 292 g/mol. The summed E-state index contributed by atoms with van der Waals surface area (Å²) in [6, 6.07) is 2.02. The number of anilines is 1. The van der Waals surface area contributed by atoms with Crippen LogP contribution in [-0.2, 0) is 4.74 Å². The van der Waals surface area contributed by atoms with Gasteiger partial charge in [-0.05, 0) is 39.7 Å². The van der Waals surface area contributed by atoms with Gasteiger partial charge in [0, 0.05) is 37.9 Å². The third-order valence-corrected chi connectivity index (χ3v) is 3.89. The van der Waals surface area contributed by atoms with Gasteiger partial charge in [0.15, 0.2) is 0 Å². The van der Waals surface area contributed by atoms with Crippen LogP contribution in [0.15, 0.2) is 12.3 Å². The molecule has 0 atom stereocenters. The minimum absolute atomic E-state index is 0.397. The van der Waals surface area contributed by atoms with Gasteiger partial charge in [0.2, 0.25) is 5.95 Å². The average Bonchev–Trinajstić information content (AvgIpc) is 2.99. The molecule has 6 nitrogen and oxygen atoms in total. The van der Waals surface area contributed by atoms with Gasteiger partial charge >= 0.3 is 6.09 Å². The molecule has 1 aliphatic carbocycles. The van der Waals surface area contributed by atoms with Crippen LogP contribution in [0, 0.1) is 0 Å². The minimum Gasteiger partial charge on any atom is -0.444 e. The summed E-state index contributed by atoms with van der Waals surface area (Å²) in [5, 5.41) is 2.75. The van der Waals surface area contributed by atoms with E-state index in [4.69, 9.17) is 4.74 Å². The fourth-order valence-electron chi connectivity index (χ4n) is 2.73. The molecule has 1 aliphatic rings. The molecule has 0 radical (unpaired) electrons. The van der Waals surface area contributed by atoms with Crippen LogP contribution in [0.25, 0.3) is 0 Å². The molecule has 0 aromatic carbocycles. The van der Waals surface area contributed by atoms with Crippen LogP contribution in [0.2, 0.25) is 0 Å². The normalized spacial score (nSPS) is 15.5. The fraction of sp³-hybridized carbons (Fsp3) is 0.706. The number of carbonyl (C=O) groups excluding carboxylic acids is 1. The standard InChI is InChI=1S/C17H28N4O2/c1-17(2,3)23-16(22)19-11-12-21(4)15-18-10-9-14(20-15)13-7-5-6-8-13/h9-10,13H,5-8,11-12H2,1-4H3,(H,19,22). The number of likely N-dealkylation sites (N-methyl/N-ethyl adjacent to an activating group) is 1. The van der Waals surface area contributed by atoms with Crippen molar-refractivity contribution in [2.24, 2.45) is 0 Å². The van der Waals surface area contributed by atoms with E-state index in [1.54, 1.807) is 0 Å². The smallest absolute Gasteiger partial charge is 0.407 e. The molecule has 1 amide bonds. The Labute approximate surface area is 138 Å². The maximum absolute atomic E-state index is 11.6. The van der Waals surface area contributed by atoms with E-state index in [0.717, 1.165) is 5.69 Å². The number of alkyl carbamates (subject to hydrolysis) is 1. The average molecular weight is 320 g/mol. The summed E-state index contributed by atoms with van der Waals surface area (Å²) in [5.74, 6) is 1.28. The number of nitrogens with zero attached hydrogens (tertiary/aromatic N) is 3. The Balaban J connectivity index is 1.82. The molecule has 1 aromatic heterocycles. The van der Waals surface area contributed by atoms with E-state index in [1.807, 2.05) is 45.0 Å². The summed E-state index contributed by atoms with van der Waals surface area (Å²) >= 11 is 0. The Bertz CT molecular complexity index is 522. The van der Waals surface area contributed by atoms with Crippen molar-refractivity contribution in [1.82, 2.24) is 15.3 Å². The number of carbonyl (C=O) groups is 1. The molecule has 0 bridgehead atoms. The first-order valence-electron chi connectivity index (χ1n) is 8.36. The second-order valence-corrected chi connectivity index (χ2v) is 7.11. The summed E-state index contributed by atoms with van der Waals surface area (Å²) in [7, 11) is 1.94. The van der Waals surface area contributed by atoms with E-state index in [-0.39, 0.29) is 0 Å². The molecule has 0 unspecified atom stereocenters. The van der Waals surface area contributed by atoms with Crippen molar-refractivity contribution in [3.8, 4) is 0 Å². The van der Waals surface area contributed by atoms with Crippen LogP contribution in [0.3, 0.4) is 0 Å². The molecule has 128 valence electrons. The number of ether oxygens (including phenoxy) is 1. The summed E-state index contributed by atoms with van der Waals surface area (Å²) in [4.78, 5) is 22.6. The number of rotatable bonds is 5. The van der Waals surface area contributed by atoms with Crippen LogP contribution in [0.5, 0.6) is 0 Å². The molecule has 0 aliphatic heterocycles. The molecule has 1 heterocycles. The topological polar surface area (TPSA) is 67.4 Å². The molecule has 1 saturated carbocycles. The predicted octanol–water partition coefficient (Wildman–Crippen LogP) is 3.10. The van der Waals surface area contributed by atoms with Crippen molar-refractivity contribution in [3.63, 3.8) is 0 Å². The van der Waals surface area contributed by atoms with E-state index >= 15 is 0 Å². The largest absolute Gasteiger partial charge is 0.444 e. The number of amides is 1. The summed E-state index contributed by atoms with van der Waals surface area (Å²) < 4.78 is 5.21. The van der Waals surface area contributed by atoms with Gasteiger partial charge in [-0.2, -0.15) is 0 Å². The number of hydrogen-bond acceptors (Lipinski definition) is 5. The number of nitrogens with one attached hydrogen (secondary N) is 1. The Morgan fingerprint density at radius 2 is 2.09 bits per heavy atom. The van der Waals surface area contributed by atoms with Gasteiger partial charge in [-0.3, -0.25) is 0 Å². The van der Waals surface area contributed by atoms with Gasteiger partial charge in [0.25, 0.3) is 0 Å². The second-order valence-electron chi connectivity index (χ2n) is 7.11. The van der Waals surface area contributed by atoms with E-state index in [9.17, 15) is 4.79 Å². The van der Waals surface area contributed by atoms with Crippen molar-refractivity contribution in [2.75, 3.05) is 25.0 Å². The lowest BCUT2D eigenvalue weighted by Gasteiger charge is -2.21. The molecule has 0 saturated heterocycles. The van der Waals surface area contributed by atoms with Gasteiger partial charge in [-0.15, -0.1) is 0 Å². The molecule has 6 heteroatoms. The lowest BCUT2D eigenvalue weighted by molar-refractivity contribution is 0.0529. The first-order chi connectivity index (χ1) is 10.8. The minimum atomic E-state index is -0.477. The Morgan fingerprint density at radius 1 is 1.39 bits per heavy atom. The van der Waals surface area contributed by atoms with Crippen molar-refractivity contribution < 1.29 is 9.53 Å². The summed E-state index contributed by atoms with van der Waals surface area (Å²) in [6.45, 7) is 6.67. The Hall–Kier alpha value is -1.85. The van der Waals surface area contributed by atoms with Gasteiger partial charge in [-0.1, -0.05) is 12.8 Å². The zero-order valence-corrected chi connectivity index (χ0v) is 14.6. The van der Waals surface area contributed by atoms with Crippen LogP contribution in [-0.4, -0.2) is 41.8 Å². The third kappa shape index (κ3) is 5.69. The highest BCUT2D eigenvalue weighted by Crippen LogP contribution is 2.33. The van der Waals surface area contributed by atoms with E-state index in [0.29, 0.717) is 25.0 Å². The lowest BCUT2D eigenvalue weighted by Crippen LogP contribution is -2.37. The maximum Gasteiger partial charge on any atom is 0.407 e. The van der Waals surface area contributed by atoms with Gasteiger partial charge in [-0.25, -0.2) is 14.8 Å². The van der Waals surface area contributed by atoms with E-state index in [2.05, 4.69) is 15.3 Å². The fourth-order valence-corrected chi connectivity index (χ4v) is 2.73. The van der Waals surface area contributed by atoms with Gasteiger partial charge in [0.05, 0.1) is 0 Å². The van der Waals surface area contributed by atoms with Crippen molar-refractivity contribution in [1.29, 1.82) is 0 Å². The first kappa shape index (κ1) is 17.5. The first-order valence-corrected chi connectivity index (χ1v) is 8.36. The molecular formula is C17H28N4O2. The lowest BCUT2D eigenvalue weighted by atomic mass is 10.0.